The van der Waals surface area contributed by atoms with Crippen LogP contribution in [0.5, 0.6) is 0 Å². The molecule has 2 aliphatic heterocycles. The molecule has 4 rings (SSSR count). The number of amides is 2. The van der Waals surface area contributed by atoms with Crippen molar-refractivity contribution in [2.24, 2.45) is 5.92 Å². The van der Waals surface area contributed by atoms with Crippen LogP contribution in [0.4, 0.5) is 0 Å². The number of carbonyl (C=O) groups is 2. The summed E-state index contributed by atoms with van der Waals surface area (Å²) in [6.07, 6.45) is 3.01. The molecule has 2 amide bonds. The maximum atomic E-state index is 13.0. The molecule has 2 heterocycles. The number of carbonyl (C=O) groups excluding carboxylic acids is 2. The van der Waals surface area contributed by atoms with Crippen LogP contribution in [0.1, 0.15) is 36.0 Å². The second-order valence-electron chi connectivity index (χ2n) is 8.13. The van der Waals surface area contributed by atoms with Crippen LogP contribution >= 0.6 is 0 Å². The maximum absolute atomic E-state index is 13.0. The Hall–Kier alpha value is -2.62. The lowest BCUT2D eigenvalue weighted by atomic mass is 9.98. The lowest BCUT2D eigenvalue weighted by molar-refractivity contribution is -0.135. The fourth-order valence-electron chi connectivity index (χ4n) is 4.61. The molecule has 0 aromatic heterocycles. The molecule has 0 aliphatic carbocycles. The highest BCUT2D eigenvalue weighted by molar-refractivity contribution is 5.80. The Bertz CT molecular complexity index is 849. The first kappa shape index (κ1) is 18.7. The van der Waals surface area contributed by atoms with Crippen molar-refractivity contribution in [2.45, 2.75) is 45.2 Å². The van der Waals surface area contributed by atoms with Crippen molar-refractivity contribution in [1.82, 2.24) is 9.80 Å². The zero-order chi connectivity index (χ0) is 19.5. The van der Waals surface area contributed by atoms with Gasteiger partial charge in [0.25, 0.3) is 0 Å². The fraction of sp³-hybridized carbons (Fsp3) is 0.417. The predicted molar refractivity (Wildman–Crippen MR) is 110 cm³/mol. The van der Waals surface area contributed by atoms with E-state index in [2.05, 4.69) is 25.1 Å². The van der Waals surface area contributed by atoms with Gasteiger partial charge in [-0.25, -0.2) is 0 Å². The van der Waals surface area contributed by atoms with E-state index in [0.29, 0.717) is 31.8 Å². The topological polar surface area (TPSA) is 40.6 Å². The molecular weight excluding hydrogens is 348 g/mol. The average molecular weight is 377 g/mol. The van der Waals surface area contributed by atoms with Gasteiger partial charge in [-0.3, -0.25) is 9.59 Å². The molecular formula is C24H28N2O2. The summed E-state index contributed by atoms with van der Waals surface area (Å²) in [7, 11) is 0. The van der Waals surface area contributed by atoms with E-state index >= 15 is 0 Å². The standard InChI is InChI=1S/C24H28N2O2/c1-18-8-5-6-11-20(18)14-24(28)25-16-21-12-7-13-23(27)26(22(21)17-25)15-19-9-3-2-4-10-19/h2-6,8-11,21-22H,7,12-17H2,1H3/t21-,22+/m1/s1. The number of likely N-dealkylation sites (tertiary alicyclic amines) is 2. The van der Waals surface area contributed by atoms with Crippen molar-refractivity contribution in [3.63, 3.8) is 0 Å². The van der Waals surface area contributed by atoms with Gasteiger partial charge in [-0.05, 0) is 42.4 Å². The quantitative estimate of drug-likeness (QED) is 0.818. The minimum Gasteiger partial charge on any atom is -0.340 e. The van der Waals surface area contributed by atoms with Gasteiger partial charge < -0.3 is 9.80 Å². The summed E-state index contributed by atoms with van der Waals surface area (Å²) in [5, 5.41) is 0. The first-order valence-corrected chi connectivity index (χ1v) is 10.3. The van der Waals surface area contributed by atoms with Crippen molar-refractivity contribution in [1.29, 1.82) is 0 Å². The molecule has 146 valence electrons. The van der Waals surface area contributed by atoms with Crippen LogP contribution < -0.4 is 0 Å². The second-order valence-corrected chi connectivity index (χ2v) is 8.13. The Morgan fingerprint density at radius 2 is 1.79 bits per heavy atom. The molecule has 0 unspecified atom stereocenters. The van der Waals surface area contributed by atoms with E-state index in [1.54, 1.807) is 0 Å². The number of aryl methyl sites for hydroxylation is 1. The number of hydrogen-bond donors (Lipinski definition) is 0. The fourth-order valence-corrected chi connectivity index (χ4v) is 4.61. The van der Waals surface area contributed by atoms with Gasteiger partial charge in [0.1, 0.15) is 0 Å². The molecule has 2 atom stereocenters. The van der Waals surface area contributed by atoms with E-state index in [4.69, 9.17) is 0 Å². The van der Waals surface area contributed by atoms with Gasteiger partial charge in [0.05, 0.1) is 12.5 Å². The Morgan fingerprint density at radius 1 is 1.04 bits per heavy atom. The monoisotopic (exact) mass is 376 g/mol. The second kappa shape index (κ2) is 8.17. The molecule has 2 fully saturated rings. The molecule has 0 spiro atoms. The molecule has 2 aliphatic rings. The van der Waals surface area contributed by atoms with Crippen molar-refractivity contribution in [2.75, 3.05) is 13.1 Å². The number of hydrogen-bond acceptors (Lipinski definition) is 2. The van der Waals surface area contributed by atoms with Gasteiger partial charge in [-0.2, -0.15) is 0 Å². The number of benzene rings is 2. The number of rotatable bonds is 4. The summed E-state index contributed by atoms with van der Waals surface area (Å²) in [4.78, 5) is 29.8. The summed E-state index contributed by atoms with van der Waals surface area (Å²) in [6.45, 7) is 4.12. The lowest BCUT2D eigenvalue weighted by Gasteiger charge is -2.30. The van der Waals surface area contributed by atoms with E-state index in [1.807, 2.05) is 46.2 Å². The van der Waals surface area contributed by atoms with Crippen molar-refractivity contribution in [3.8, 4) is 0 Å². The minimum atomic E-state index is 0.135. The van der Waals surface area contributed by atoms with Crippen molar-refractivity contribution >= 4 is 11.8 Å². The molecule has 28 heavy (non-hydrogen) atoms. The van der Waals surface area contributed by atoms with E-state index in [-0.39, 0.29) is 17.9 Å². The molecule has 0 radical (unpaired) electrons. The third kappa shape index (κ3) is 3.96. The lowest BCUT2D eigenvalue weighted by Crippen LogP contribution is -2.43. The Balaban J connectivity index is 1.49. The highest BCUT2D eigenvalue weighted by Crippen LogP contribution is 2.32. The van der Waals surface area contributed by atoms with Gasteiger partial charge in [0.2, 0.25) is 11.8 Å². The third-order valence-electron chi connectivity index (χ3n) is 6.24. The van der Waals surface area contributed by atoms with Crippen LogP contribution in [0, 0.1) is 12.8 Å². The summed E-state index contributed by atoms with van der Waals surface area (Å²) in [5.41, 5.74) is 3.41. The molecule has 2 aromatic rings. The number of nitrogens with zero attached hydrogens (tertiary/aromatic N) is 2. The van der Waals surface area contributed by atoms with Gasteiger partial charge in [0.15, 0.2) is 0 Å². The minimum absolute atomic E-state index is 0.135. The van der Waals surface area contributed by atoms with E-state index in [1.165, 1.54) is 0 Å². The average Bonchev–Trinajstić information content (AvgIpc) is 3.07. The highest BCUT2D eigenvalue weighted by Gasteiger charge is 2.41. The van der Waals surface area contributed by atoms with Crippen LogP contribution in [-0.4, -0.2) is 40.7 Å². The summed E-state index contributed by atoms with van der Waals surface area (Å²) in [5.74, 6) is 0.787. The van der Waals surface area contributed by atoms with Crippen molar-refractivity contribution < 1.29 is 9.59 Å². The van der Waals surface area contributed by atoms with Gasteiger partial charge >= 0.3 is 0 Å². The molecule has 0 saturated carbocycles. The number of fused-ring (bicyclic) bond motifs is 1. The molecule has 0 bridgehead atoms. The molecule has 4 heteroatoms. The summed E-state index contributed by atoms with van der Waals surface area (Å²) in [6, 6.07) is 18.4. The van der Waals surface area contributed by atoms with Crippen LogP contribution in [-0.2, 0) is 22.6 Å². The van der Waals surface area contributed by atoms with Crippen molar-refractivity contribution in [3.05, 3.63) is 71.3 Å². The largest absolute Gasteiger partial charge is 0.340 e. The Morgan fingerprint density at radius 3 is 2.57 bits per heavy atom. The zero-order valence-electron chi connectivity index (χ0n) is 16.5. The van der Waals surface area contributed by atoms with E-state index < -0.39 is 0 Å². The zero-order valence-corrected chi connectivity index (χ0v) is 16.5. The molecule has 0 N–H and O–H groups in total. The van der Waals surface area contributed by atoms with Crippen LogP contribution in [0.15, 0.2) is 54.6 Å². The van der Waals surface area contributed by atoms with E-state index in [9.17, 15) is 9.59 Å². The van der Waals surface area contributed by atoms with Gasteiger partial charge in [-0.15, -0.1) is 0 Å². The van der Waals surface area contributed by atoms with Crippen LogP contribution in [0.25, 0.3) is 0 Å². The van der Waals surface area contributed by atoms with Gasteiger partial charge in [-0.1, -0.05) is 54.6 Å². The molecule has 4 nitrogen and oxygen atoms in total. The van der Waals surface area contributed by atoms with E-state index in [0.717, 1.165) is 36.1 Å². The SMILES string of the molecule is Cc1ccccc1CC(=O)N1C[C@H]2CCCC(=O)N(Cc3ccccc3)[C@H]2C1. The first-order chi connectivity index (χ1) is 13.6. The highest BCUT2D eigenvalue weighted by atomic mass is 16.2. The van der Waals surface area contributed by atoms with Gasteiger partial charge in [0, 0.05) is 26.1 Å². The summed E-state index contributed by atoms with van der Waals surface area (Å²) >= 11 is 0. The normalized spacial score (nSPS) is 22.1. The van der Waals surface area contributed by atoms with Crippen LogP contribution in [0.2, 0.25) is 0 Å². The first-order valence-electron chi connectivity index (χ1n) is 10.3. The smallest absolute Gasteiger partial charge is 0.227 e. The molecule has 2 aromatic carbocycles. The molecule has 2 saturated heterocycles. The Labute approximate surface area is 167 Å². The maximum Gasteiger partial charge on any atom is 0.227 e. The summed E-state index contributed by atoms with van der Waals surface area (Å²) < 4.78 is 0. The van der Waals surface area contributed by atoms with Crippen LogP contribution in [0.3, 0.4) is 0 Å². The Kier molecular flexibility index (Phi) is 5.47. The third-order valence-corrected chi connectivity index (χ3v) is 6.24. The predicted octanol–water partition coefficient (Wildman–Crippen LogP) is 3.58.